The van der Waals surface area contributed by atoms with E-state index in [0.717, 1.165) is 5.56 Å². The molecular formula is C21H20FN3O3S. The molecule has 0 aliphatic rings. The first-order valence-corrected chi connectivity index (χ1v) is 10.5. The van der Waals surface area contributed by atoms with Crippen LogP contribution in [0.4, 0.5) is 14.9 Å². The van der Waals surface area contributed by atoms with Gasteiger partial charge in [0, 0.05) is 24.6 Å². The number of amides is 2. The number of anilines is 1. The van der Waals surface area contributed by atoms with Crippen LogP contribution in [-0.2, 0) is 22.1 Å². The number of nitrogens with one attached hydrogen (secondary N) is 2. The van der Waals surface area contributed by atoms with Gasteiger partial charge < -0.3 is 10.6 Å². The fourth-order valence-corrected chi connectivity index (χ4v) is 4.17. The fraction of sp³-hybridized carbons (Fsp3) is 0.143. The number of carbonyl (C=O) groups is 1. The third kappa shape index (κ3) is 5.61. The third-order valence-corrected chi connectivity index (χ3v) is 5.98. The van der Waals surface area contributed by atoms with Crippen molar-refractivity contribution >= 4 is 21.6 Å². The second kappa shape index (κ2) is 8.83. The summed E-state index contributed by atoms with van der Waals surface area (Å²) in [5.74, 6) is -0.627. The number of urea groups is 1. The summed E-state index contributed by atoms with van der Waals surface area (Å²) in [6.45, 7) is 1.99. The van der Waals surface area contributed by atoms with E-state index in [1.165, 1.54) is 42.5 Å². The molecule has 0 radical (unpaired) electrons. The van der Waals surface area contributed by atoms with E-state index in [4.69, 9.17) is 0 Å². The van der Waals surface area contributed by atoms with Crippen molar-refractivity contribution in [3.8, 4) is 0 Å². The molecule has 0 aliphatic heterocycles. The molecule has 0 saturated carbocycles. The van der Waals surface area contributed by atoms with Crippen molar-refractivity contribution in [3.05, 3.63) is 89.5 Å². The van der Waals surface area contributed by atoms with E-state index in [2.05, 4.69) is 15.6 Å². The lowest BCUT2D eigenvalue weighted by Crippen LogP contribution is -2.28. The summed E-state index contributed by atoms with van der Waals surface area (Å²) >= 11 is 0. The van der Waals surface area contributed by atoms with Gasteiger partial charge in [-0.05, 0) is 66.1 Å². The summed E-state index contributed by atoms with van der Waals surface area (Å²) in [5.41, 5.74) is 2.45. The van der Waals surface area contributed by atoms with E-state index in [1.807, 2.05) is 6.07 Å². The number of benzene rings is 2. The Morgan fingerprint density at radius 2 is 1.86 bits per heavy atom. The molecule has 0 aliphatic carbocycles. The number of nitrogens with zero attached hydrogens (tertiary/aromatic N) is 1. The number of pyridine rings is 1. The monoisotopic (exact) mass is 413 g/mol. The van der Waals surface area contributed by atoms with Crippen molar-refractivity contribution in [1.82, 2.24) is 10.3 Å². The van der Waals surface area contributed by atoms with Crippen molar-refractivity contribution in [2.75, 3.05) is 5.32 Å². The highest BCUT2D eigenvalue weighted by Crippen LogP contribution is 2.21. The molecule has 2 amide bonds. The molecule has 150 valence electrons. The second-order valence-corrected chi connectivity index (χ2v) is 8.51. The molecule has 8 heteroatoms. The van der Waals surface area contributed by atoms with E-state index in [9.17, 15) is 17.6 Å². The van der Waals surface area contributed by atoms with Crippen molar-refractivity contribution in [2.24, 2.45) is 0 Å². The molecule has 6 nitrogen and oxygen atoms in total. The minimum Gasteiger partial charge on any atom is -0.334 e. The summed E-state index contributed by atoms with van der Waals surface area (Å²) in [6, 6.07) is 13.2. The fourth-order valence-electron chi connectivity index (χ4n) is 2.72. The molecule has 1 aromatic heterocycles. The van der Waals surface area contributed by atoms with Crippen LogP contribution in [0.2, 0.25) is 0 Å². The topological polar surface area (TPSA) is 88.2 Å². The Kier molecular flexibility index (Phi) is 6.23. The summed E-state index contributed by atoms with van der Waals surface area (Å²) in [4.78, 5) is 16.1. The maximum Gasteiger partial charge on any atom is 0.319 e. The van der Waals surface area contributed by atoms with Crippen LogP contribution in [0.1, 0.15) is 16.7 Å². The highest BCUT2D eigenvalue weighted by atomic mass is 32.2. The molecule has 0 fully saturated rings. The van der Waals surface area contributed by atoms with Crippen LogP contribution >= 0.6 is 0 Å². The maximum atomic E-state index is 13.2. The van der Waals surface area contributed by atoms with Gasteiger partial charge in [-0.2, -0.15) is 0 Å². The van der Waals surface area contributed by atoms with Gasteiger partial charge in [0.25, 0.3) is 0 Å². The van der Waals surface area contributed by atoms with Gasteiger partial charge in [0.1, 0.15) is 5.82 Å². The van der Waals surface area contributed by atoms with Gasteiger partial charge in [-0.25, -0.2) is 17.6 Å². The van der Waals surface area contributed by atoms with Crippen molar-refractivity contribution in [3.63, 3.8) is 0 Å². The quantitative estimate of drug-likeness (QED) is 0.643. The highest BCUT2D eigenvalue weighted by Gasteiger charge is 2.17. The van der Waals surface area contributed by atoms with Gasteiger partial charge in [0.15, 0.2) is 9.84 Å². The van der Waals surface area contributed by atoms with Gasteiger partial charge in [0.05, 0.1) is 10.6 Å². The lowest BCUT2D eigenvalue weighted by atomic mass is 10.1. The van der Waals surface area contributed by atoms with Gasteiger partial charge in [-0.1, -0.05) is 12.1 Å². The lowest BCUT2D eigenvalue weighted by molar-refractivity contribution is 0.251. The van der Waals surface area contributed by atoms with Crippen LogP contribution < -0.4 is 10.6 Å². The first-order chi connectivity index (χ1) is 13.8. The zero-order valence-electron chi connectivity index (χ0n) is 15.7. The van der Waals surface area contributed by atoms with Gasteiger partial charge in [0.2, 0.25) is 0 Å². The minimum atomic E-state index is -3.60. The number of aryl methyl sites for hydroxylation is 1. The van der Waals surface area contributed by atoms with Crippen molar-refractivity contribution in [1.29, 1.82) is 0 Å². The molecule has 2 N–H and O–H groups in total. The van der Waals surface area contributed by atoms with Gasteiger partial charge in [-0.15, -0.1) is 0 Å². The number of aromatic nitrogens is 1. The maximum absolute atomic E-state index is 13.2. The Hall–Kier alpha value is -3.26. The first kappa shape index (κ1) is 20.5. The molecule has 0 bridgehead atoms. The average Bonchev–Trinajstić information content (AvgIpc) is 2.70. The lowest BCUT2D eigenvalue weighted by Gasteiger charge is -2.10. The van der Waals surface area contributed by atoms with Crippen LogP contribution in [0.25, 0.3) is 0 Å². The van der Waals surface area contributed by atoms with Crippen molar-refractivity contribution < 1.29 is 17.6 Å². The Bertz CT molecular complexity index is 1100. The third-order valence-electron chi connectivity index (χ3n) is 4.30. The largest absolute Gasteiger partial charge is 0.334 e. The van der Waals surface area contributed by atoms with E-state index in [-0.39, 0.29) is 10.6 Å². The average molecular weight is 413 g/mol. The SMILES string of the molecule is Cc1cc(F)ccc1CS(=O)(=O)c1ccc(NC(=O)NCc2cccnc2)cc1. The summed E-state index contributed by atoms with van der Waals surface area (Å²) in [6.07, 6.45) is 3.30. The Morgan fingerprint density at radius 1 is 1.10 bits per heavy atom. The number of hydrogen-bond donors (Lipinski definition) is 2. The summed E-state index contributed by atoms with van der Waals surface area (Å²) in [5, 5.41) is 5.35. The number of carbonyl (C=O) groups excluding carboxylic acids is 1. The normalized spacial score (nSPS) is 11.1. The van der Waals surface area contributed by atoms with E-state index in [0.29, 0.717) is 23.4 Å². The highest BCUT2D eigenvalue weighted by molar-refractivity contribution is 7.90. The van der Waals surface area contributed by atoms with E-state index < -0.39 is 21.7 Å². The Morgan fingerprint density at radius 3 is 2.52 bits per heavy atom. The Labute approximate surface area is 168 Å². The molecular weight excluding hydrogens is 393 g/mol. The van der Waals surface area contributed by atoms with Crippen LogP contribution in [0.15, 0.2) is 71.9 Å². The summed E-state index contributed by atoms with van der Waals surface area (Å²) < 4.78 is 38.5. The molecule has 3 rings (SSSR count). The first-order valence-electron chi connectivity index (χ1n) is 8.85. The van der Waals surface area contributed by atoms with E-state index in [1.54, 1.807) is 25.4 Å². The second-order valence-electron chi connectivity index (χ2n) is 6.52. The zero-order chi connectivity index (χ0) is 20.9. The predicted molar refractivity (Wildman–Crippen MR) is 109 cm³/mol. The van der Waals surface area contributed by atoms with Crippen LogP contribution in [0, 0.1) is 12.7 Å². The standard InChI is InChI=1S/C21H20FN3O3S/c1-15-11-18(22)5-4-17(15)14-29(27,28)20-8-6-19(7-9-20)25-21(26)24-13-16-3-2-10-23-12-16/h2-12H,13-14H2,1H3,(H2,24,25,26). The number of sulfone groups is 1. The zero-order valence-corrected chi connectivity index (χ0v) is 16.5. The van der Waals surface area contributed by atoms with Crippen LogP contribution in [0.5, 0.6) is 0 Å². The summed E-state index contributed by atoms with van der Waals surface area (Å²) in [7, 11) is -3.60. The molecule has 0 atom stereocenters. The van der Waals surface area contributed by atoms with Crippen molar-refractivity contribution in [2.45, 2.75) is 24.1 Å². The van der Waals surface area contributed by atoms with Crippen LogP contribution in [-0.4, -0.2) is 19.4 Å². The molecule has 0 saturated heterocycles. The van der Waals surface area contributed by atoms with Crippen LogP contribution in [0.3, 0.4) is 0 Å². The smallest absolute Gasteiger partial charge is 0.319 e. The van der Waals surface area contributed by atoms with Gasteiger partial charge >= 0.3 is 6.03 Å². The van der Waals surface area contributed by atoms with Gasteiger partial charge in [-0.3, -0.25) is 4.98 Å². The molecule has 0 unspecified atom stereocenters. The number of hydrogen-bond acceptors (Lipinski definition) is 4. The minimum absolute atomic E-state index is 0.127. The van der Waals surface area contributed by atoms with E-state index >= 15 is 0 Å². The number of halogens is 1. The Balaban J connectivity index is 1.62. The number of rotatable bonds is 6. The molecule has 29 heavy (non-hydrogen) atoms. The molecule has 0 spiro atoms. The predicted octanol–water partition coefficient (Wildman–Crippen LogP) is 3.82. The molecule has 2 aromatic carbocycles. The molecule has 3 aromatic rings. The molecule has 1 heterocycles.